The SMILES string of the molecule is CN(C)S(=O)(=O)c1ccc(Cl)c(NC(=O)COc2cccc3ccccc23)c1. The Labute approximate surface area is 168 Å². The maximum absolute atomic E-state index is 12.3. The number of benzene rings is 3. The Hall–Kier alpha value is -2.61. The van der Waals surface area contributed by atoms with Crippen LogP contribution in [0.4, 0.5) is 5.69 Å². The molecular formula is C20H19ClN2O4S. The number of hydrogen-bond donors (Lipinski definition) is 1. The molecule has 0 radical (unpaired) electrons. The molecule has 8 heteroatoms. The van der Waals surface area contributed by atoms with Gasteiger partial charge in [0, 0.05) is 19.5 Å². The molecule has 3 aromatic carbocycles. The van der Waals surface area contributed by atoms with E-state index in [0.29, 0.717) is 5.75 Å². The molecule has 3 rings (SSSR count). The summed E-state index contributed by atoms with van der Waals surface area (Å²) in [6.45, 7) is -0.241. The summed E-state index contributed by atoms with van der Waals surface area (Å²) < 4.78 is 31.3. The van der Waals surface area contributed by atoms with Crippen molar-refractivity contribution in [3.05, 3.63) is 65.7 Å². The fourth-order valence-corrected chi connectivity index (χ4v) is 3.72. The summed E-state index contributed by atoms with van der Waals surface area (Å²) in [6.07, 6.45) is 0. The third-order valence-corrected chi connectivity index (χ3v) is 6.24. The summed E-state index contributed by atoms with van der Waals surface area (Å²) in [5.74, 6) is 0.137. The maximum Gasteiger partial charge on any atom is 0.262 e. The summed E-state index contributed by atoms with van der Waals surface area (Å²) in [6, 6.07) is 17.4. The molecule has 0 aliphatic rings. The number of hydrogen-bond acceptors (Lipinski definition) is 4. The molecule has 0 aliphatic carbocycles. The molecule has 0 atom stereocenters. The first-order valence-corrected chi connectivity index (χ1v) is 10.2. The Morgan fingerprint density at radius 1 is 1.07 bits per heavy atom. The Morgan fingerprint density at radius 3 is 2.54 bits per heavy atom. The molecule has 28 heavy (non-hydrogen) atoms. The van der Waals surface area contributed by atoms with Crippen molar-refractivity contribution in [3.8, 4) is 5.75 Å². The van der Waals surface area contributed by atoms with Crippen molar-refractivity contribution in [1.82, 2.24) is 4.31 Å². The summed E-state index contributed by atoms with van der Waals surface area (Å²) in [5, 5.41) is 4.74. The lowest BCUT2D eigenvalue weighted by atomic mass is 10.1. The van der Waals surface area contributed by atoms with E-state index in [1.54, 1.807) is 6.07 Å². The van der Waals surface area contributed by atoms with Gasteiger partial charge >= 0.3 is 0 Å². The van der Waals surface area contributed by atoms with E-state index in [1.807, 2.05) is 36.4 Å². The summed E-state index contributed by atoms with van der Waals surface area (Å²) in [7, 11) is -0.778. The van der Waals surface area contributed by atoms with Crippen LogP contribution >= 0.6 is 11.6 Å². The molecule has 0 fully saturated rings. The van der Waals surface area contributed by atoms with Gasteiger partial charge in [-0.05, 0) is 29.7 Å². The number of carbonyl (C=O) groups excluding carboxylic acids is 1. The average molecular weight is 419 g/mol. The second-order valence-electron chi connectivity index (χ2n) is 6.24. The Kier molecular flexibility index (Phi) is 5.88. The molecule has 0 saturated heterocycles. The van der Waals surface area contributed by atoms with Crippen LogP contribution in [0.2, 0.25) is 5.02 Å². The second-order valence-corrected chi connectivity index (χ2v) is 8.80. The first-order valence-electron chi connectivity index (χ1n) is 8.41. The number of sulfonamides is 1. The largest absolute Gasteiger partial charge is 0.483 e. The van der Waals surface area contributed by atoms with E-state index in [9.17, 15) is 13.2 Å². The van der Waals surface area contributed by atoms with Gasteiger partial charge in [-0.15, -0.1) is 0 Å². The molecule has 3 aromatic rings. The van der Waals surface area contributed by atoms with Gasteiger partial charge in [0.25, 0.3) is 5.91 Å². The first kappa shape index (κ1) is 20.1. The number of fused-ring (bicyclic) bond motifs is 1. The summed E-state index contributed by atoms with van der Waals surface area (Å²) in [5.41, 5.74) is 0.205. The number of carbonyl (C=O) groups is 1. The average Bonchev–Trinajstić information content (AvgIpc) is 2.67. The zero-order valence-electron chi connectivity index (χ0n) is 15.3. The number of halogens is 1. The number of amides is 1. The Bertz CT molecular complexity index is 1120. The lowest BCUT2D eigenvalue weighted by Gasteiger charge is -2.14. The maximum atomic E-state index is 12.3. The third kappa shape index (κ3) is 4.27. The van der Waals surface area contributed by atoms with Crippen LogP contribution in [0.1, 0.15) is 0 Å². The van der Waals surface area contributed by atoms with Crippen molar-refractivity contribution in [2.24, 2.45) is 0 Å². The zero-order valence-corrected chi connectivity index (χ0v) is 16.9. The minimum Gasteiger partial charge on any atom is -0.483 e. The molecule has 1 N–H and O–H groups in total. The van der Waals surface area contributed by atoms with Gasteiger partial charge in [0.2, 0.25) is 10.0 Å². The lowest BCUT2D eigenvalue weighted by Crippen LogP contribution is -2.23. The van der Waals surface area contributed by atoms with Gasteiger partial charge in [0.1, 0.15) is 5.75 Å². The standard InChI is InChI=1S/C20H19ClN2O4S/c1-23(2)28(25,26)15-10-11-17(21)18(12-15)22-20(24)13-27-19-9-5-7-14-6-3-4-8-16(14)19/h3-12H,13H2,1-2H3,(H,22,24). The van der Waals surface area contributed by atoms with Crippen LogP contribution in [0.3, 0.4) is 0 Å². The van der Waals surface area contributed by atoms with E-state index < -0.39 is 15.9 Å². The fourth-order valence-electron chi connectivity index (χ4n) is 2.62. The number of rotatable bonds is 6. The van der Waals surface area contributed by atoms with Crippen LogP contribution in [0, 0.1) is 0 Å². The van der Waals surface area contributed by atoms with Crippen molar-refractivity contribution < 1.29 is 17.9 Å². The number of nitrogens with one attached hydrogen (secondary N) is 1. The van der Waals surface area contributed by atoms with Crippen LogP contribution in [0.25, 0.3) is 10.8 Å². The van der Waals surface area contributed by atoms with Crippen LogP contribution < -0.4 is 10.1 Å². The molecule has 0 aromatic heterocycles. The van der Waals surface area contributed by atoms with E-state index in [1.165, 1.54) is 32.3 Å². The molecule has 6 nitrogen and oxygen atoms in total. The highest BCUT2D eigenvalue weighted by molar-refractivity contribution is 7.89. The highest BCUT2D eigenvalue weighted by Gasteiger charge is 2.19. The van der Waals surface area contributed by atoms with Crippen LogP contribution in [-0.4, -0.2) is 39.3 Å². The van der Waals surface area contributed by atoms with Gasteiger partial charge in [-0.1, -0.05) is 48.0 Å². The molecule has 0 unspecified atom stereocenters. The van der Waals surface area contributed by atoms with Crippen molar-refractivity contribution in [2.75, 3.05) is 26.0 Å². The van der Waals surface area contributed by atoms with Crippen LogP contribution in [0.15, 0.2) is 65.6 Å². The highest BCUT2D eigenvalue weighted by atomic mass is 35.5. The minimum atomic E-state index is -3.64. The topological polar surface area (TPSA) is 75.7 Å². The molecule has 0 aliphatic heterocycles. The van der Waals surface area contributed by atoms with Crippen molar-refractivity contribution in [1.29, 1.82) is 0 Å². The molecule has 1 amide bonds. The van der Waals surface area contributed by atoms with Gasteiger partial charge in [-0.3, -0.25) is 4.79 Å². The van der Waals surface area contributed by atoms with Crippen molar-refractivity contribution in [2.45, 2.75) is 4.90 Å². The number of nitrogens with zero attached hydrogens (tertiary/aromatic N) is 1. The number of ether oxygens (including phenoxy) is 1. The lowest BCUT2D eigenvalue weighted by molar-refractivity contribution is -0.118. The van der Waals surface area contributed by atoms with E-state index in [0.717, 1.165) is 15.1 Å². The molecule has 0 saturated carbocycles. The van der Waals surface area contributed by atoms with Crippen LogP contribution in [-0.2, 0) is 14.8 Å². The van der Waals surface area contributed by atoms with Gasteiger partial charge in [-0.25, -0.2) is 12.7 Å². The zero-order chi connectivity index (χ0) is 20.3. The molecule has 0 spiro atoms. The van der Waals surface area contributed by atoms with Crippen molar-refractivity contribution in [3.63, 3.8) is 0 Å². The predicted octanol–water partition coefficient (Wildman–Crippen LogP) is 3.76. The third-order valence-electron chi connectivity index (χ3n) is 4.10. The fraction of sp³-hybridized carbons (Fsp3) is 0.150. The molecule has 0 bridgehead atoms. The van der Waals surface area contributed by atoms with E-state index in [2.05, 4.69) is 5.32 Å². The van der Waals surface area contributed by atoms with Gasteiger partial charge in [0.15, 0.2) is 6.61 Å². The highest BCUT2D eigenvalue weighted by Crippen LogP contribution is 2.27. The Balaban J connectivity index is 1.75. The molecular weight excluding hydrogens is 400 g/mol. The predicted molar refractivity (Wildman–Crippen MR) is 110 cm³/mol. The van der Waals surface area contributed by atoms with E-state index in [-0.39, 0.29) is 22.2 Å². The summed E-state index contributed by atoms with van der Waals surface area (Å²) in [4.78, 5) is 12.3. The summed E-state index contributed by atoms with van der Waals surface area (Å²) >= 11 is 6.10. The first-order chi connectivity index (χ1) is 13.3. The number of anilines is 1. The quantitative estimate of drug-likeness (QED) is 0.661. The van der Waals surface area contributed by atoms with Gasteiger partial charge in [0.05, 0.1) is 15.6 Å². The smallest absolute Gasteiger partial charge is 0.262 e. The van der Waals surface area contributed by atoms with E-state index >= 15 is 0 Å². The van der Waals surface area contributed by atoms with Gasteiger partial charge in [-0.2, -0.15) is 0 Å². The molecule has 146 valence electrons. The van der Waals surface area contributed by atoms with Crippen LogP contribution in [0.5, 0.6) is 5.75 Å². The minimum absolute atomic E-state index is 0.0344. The monoisotopic (exact) mass is 418 g/mol. The van der Waals surface area contributed by atoms with Crippen molar-refractivity contribution >= 4 is 44.0 Å². The van der Waals surface area contributed by atoms with Gasteiger partial charge < -0.3 is 10.1 Å². The Morgan fingerprint density at radius 2 is 1.79 bits per heavy atom. The molecule has 0 heterocycles. The second kappa shape index (κ2) is 8.18. The normalized spacial score (nSPS) is 11.6. The van der Waals surface area contributed by atoms with E-state index in [4.69, 9.17) is 16.3 Å².